The summed E-state index contributed by atoms with van der Waals surface area (Å²) in [5, 5.41) is 20.9. The zero-order valence-corrected chi connectivity index (χ0v) is 15.5. The number of hydrogen-bond acceptors (Lipinski definition) is 4. The standard InChI is InChI=1S/C17H28N2O2Si/c1-14(21-22(5,6)17(2,3)4)16(12-18)19(20)13-15-10-8-7-9-11-15/h7-11,14,16,20H,13H2,1-6H3/t14-,16-/m0/s1. The summed E-state index contributed by atoms with van der Waals surface area (Å²) in [5.74, 6) is 0. The number of hydroxylamine groups is 2. The van der Waals surface area contributed by atoms with Crippen LogP contribution in [-0.2, 0) is 11.0 Å². The maximum atomic E-state index is 10.3. The van der Waals surface area contributed by atoms with Crippen molar-refractivity contribution in [3.63, 3.8) is 0 Å². The molecule has 0 saturated heterocycles. The largest absolute Gasteiger partial charge is 0.411 e. The van der Waals surface area contributed by atoms with E-state index in [0.29, 0.717) is 6.54 Å². The lowest BCUT2D eigenvalue weighted by molar-refractivity contribution is -0.140. The van der Waals surface area contributed by atoms with E-state index in [0.717, 1.165) is 10.6 Å². The molecule has 4 nitrogen and oxygen atoms in total. The molecule has 5 heteroatoms. The van der Waals surface area contributed by atoms with Crippen molar-refractivity contribution in [3.05, 3.63) is 35.9 Å². The highest BCUT2D eigenvalue weighted by Gasteiger charge is 2.40. The molecule has 0 saturated carbocycles. The monoisotopic (exact) mass is 320 g/mol. The van der Waals surface area contributed by atoms with Crippen LogP contribution in [0.1, 0.15) is 33.3 Å². The van der Waals surface area contributed by atoms with Gasteiger partial charge in [-0.05, 0) is 30.6 Å². The Morgan fingerprint density at radius 3 is 2.27 bits per heavy atom. The van der Waals surface area contributed by atoms with Crippen molar-refractivity contribution >= 4 is 8.32 Å². The van der Waals surface area contributed by atoms with Crippen LogP contribution in [0.3, 0.4) is 0 Å². The Kier molecular flexibility index (Phi) is 6.33. The molecule has 2 atom stereocenters. The van der Waals surface area contributed by atoms with Gasteiger partial charge >= 0.3 is 0 Å². The van der Waals surface area contributed by atoms with Crippen molar-refractivity contribution in [2.75, 3.05) is 0 Å². The van der Waals surface area contributed by atoms with Crippen LogP contribution in [0.2, 0.25) is 18.1 Å². The third-order valence-corrected chi connectivity index (χ3v) is 8.95. The van der Waals surface area contributed by atoms with Gasteiger partial charge in [0, 0.05) is 0 Å². The van der Waals surface area contributed by atoms with E-state index in [1.165, 1.54) is 0 Å². The first kappa shape index (κ1) is 18.9. The SMILES string of the molecule is C[C@H](O[Si](C)(C)C(C)(C)C)[C@H](C#N)N(O)Cc1ccccc1. The molecule has 0 radical (unpaired) electrons. The zero-order valence-electron chi connectivity index (χ0n) is 14.5. The van der Waals surface area contributed by atoms with E-state index in [-0.39, 0.29) is 11.1 Å². The number of nitrogens with zero attached hydrogens (tertiary/aromatic N) is 2. The maximum Gasteiger partial charge on any atom is 0.192 e. The summed E-state index contributed by atoms with van der Waals surface area (Å²) in [5.41, 5.74) is 0.963. The second-order valence-electron chi connectivity index (χ2n) is 7.24. The number of hydrogen-bond donors (Lipinski definition) is 1. The first-order valence-corrected chi connectivity index (χ1v) is 10.6. The Balaban J connectivity index is 2.76. The first-order chi connectivity index (χ1) is 10.1. The van der Waals surface area contributed by atoms with Gasteiger partial charge in [-0.15, -0.1) is 0 Å². The molecule has 1 aromatic carbocycles. The third kappa shape index (κ3) is 4.92. The topological polar surface area (TPSA) is 56.5 Å². The second kappa shape index (κ2) is 7.38. The minimum absolute atomic E-state index is 0.0704. The summed E-state index contributed by atoms with van der Waals surface area (Å²) in [4.78, 5) is 0. The average molecular weight is 321 g/mol. The normalized spacial score (nSPS) is 15.4. The summed E-state index contributed by atoms with van der Waals surface area (Å²) in [6.45, 7) is 13.0. The fraction of sp³-hybridized carbons (Fsp3) is 0.588. The fourth-order valence-electron chi connectivity index (χ4n) is 1.99. The van der Waals surface area contributed by atoms with Gasteiger partial charge in [-0.2, -0.15) is 10.3 Å². The average Bonchev–Trinajstić information content (AvgIpc) is 2.38. The van der Waals surface area contributed by atoms with Crippen LogP contribution < -0.4 is 0 Å². The molecule has 0 aliphatic carbocycles. The van der Waals surface area contributed by atoms with Gasteiger partial charge in [0.15, 0.2) is 8.32 Å². The van der Waals surface area contributed by atoms with Gasteiger partial charge in [-0.3, -0.25) is 0 Å². The van der Waals surface area contributed by atoms with Crippen molar-refractivity contribution in [2.45, 2.75) is 64.5 Å². The molecule has 1 rings (SSSR count). The molecule has 0 spiro atoms. The Morgan fingerprint density at radius 2 is 1.82 bits per heavy atom. The Labute approximate surface area is 135 Å². The van der Waals surface area contributed by atoms with Crippen LogP contribution in [0.5, 0.6) is 0 Å². The van der Waals surface area contributed by atoms with E-state index in [9.17, 15) is 10.5 Å². The van der Waals surface area contributed by atoms with Crippen molar-refractivity contribution in [2.24, 2.45) is 0 Å². The third-order valence-electron chi connectivity index (χ3n) is 4.37. The van der Waals surface area contributed by atoms with Crippen LogP contribution in [0, 0.1) is 11.3 Å². The van der Waals surface area contributed by atoms with E-state index in [1.807, 2.05) is 37.3 Å². The molecule has 1 aromatic rings. The Bertz CT molecular complexity index is 506. The molecule has 22 heavy (non-hydrogen) atoms. The minimum Gasteiger partial charge on any atom is -0.411 e. The highest BCUT2D eigenvalue weighted by atomic mass is 28.4. The van der Waals surface area contributed by atoms with E-state index in [1.54, 1.807) is 0 Å². The smallest absolute Gasteiger partial charge is 0.192 e. The molecule has 0 aliphatic rings. The summed E-state index contributed by atoms with van der Waals surface area (Å²) in [7, 11) is -1.97. The quantitative estimate of drug-likeness (QED) is 0.631. The molecule has 0 aliphatic heterocycles. The summed E-state index contributed by atoms with van der Waals surface area (Å²) < 4.78 is 6.23. The molecule has 0 heterocycles. The highest BCUT2D eigenvalue weighted by Crippen LogP contribution is 2.37. The van der Waals surface area contributed by atoms with Crippen molar-refractivity contribution in [1.82, 2.24) is 5.06 Å². The molecule has 1 N–H and O–H groups in total. The van der Waals surface area contributed by atoms with Gasteiger partial charge in [-0.1, -0.05) is 51.1 Å². The van der Waals surface area contributed by atoms with Crippen molar-refractivity contribution in [3.8, 4) is 6.07 Å². The van der Waals surface area contributed by atoms with Gasteiger partial charge in [0.05, 0.1) is 18.7 Å². The van der Waals surface area contributed by atoms with Gasteiger partial charge in [0.1, 0.15) is 6.04 Å². The van der Waals surface area contributed by atoms with E-state index < -0.39 is 14.4 Å². The van der Waals surface area contributed by atoms with Crippen LogP contribution in [0.15, 0.2) is 30.3 Å². The molecule has 0 bridgehead atoms. The first-order valence-electron chi connectivity index (χ1n) is 7.65. The number of benzene rings is 1. The van der Waals surface area contributed by atoms with Gasteiger partial charge in [0.25, 0.3) is 0 Å². The second-order valence-corrected chi connectivity index (χ2v) is 12.0. The number of rotatable bonds is 6. The van der Waals surface area contributed by atoms with Crippen molar-refractivity contribution < 1.29 is 9.63 Å². The van der Waals surface area contributed by atoms with Gasteiger partial charge in [-0.25, -0.2) is 0 Å². The molecular formula is C17H28N2O2Si. The maximum absolute atomic E-state index is 10.3. The van der Waals surface area contributed by atoms with Crippen LogP contribution in [-0.4, -0.2) is 30.7 Å². The molecule has 0 aromatic heterocycles. The van der Waals surface area contributed by atoms with E-state index in [4.69, 9.17) is 4.43 Å². The van der Waals surface area contributed by atoms with Crippen LogP contribution >= 0.6 is 0 Å². The summed E-state index contributed by atoms with van der Waals surface area (Å²) >= 11 is 0. The Hall–Kier alpha value is -1.19. The predicted molar refractivity (Wildman–Crippen MR) is 90.9 cm³/mol. The van der Waals surface area contributed by atoms with Gasteiger partial charge in [0.2, 0.25) is 0 Å². The zero-order chi connectivity index (χ0) is 17.0. The van der Waals surface area contributed by atoms with Gasteiger partial charge < -0.3 is 9.63 Å². The lowest BCUT2D eigenvalue weighted by Crippen LogP contribution is -2.49. The van der Waals surface area contributed by atoms with E-state index in [2.05, 4.69) is 39.9 Å². The molecule has 0 amide bonds. The fourth-order valence-corrected chi connectivity index (χ4v) is 3.40. The van der Waals surface area contributed by atoms with Crippen molar-refractivity contribution in [1.29, 1.82) is 5.26 Å². The molecule has 0 unspecified atom stereocenters. The predicted octanol–water partition coefficient (Wildman–Crippen LogP) is 4.18. The van der Waals surface area contributed by atoms with Crippen LogP contribution in [0.4, 0.5) is 0 Å². The Morgan fingerprint density at radius 1 is 1.27 bits per heavy atom. The molecule has 122 valence electrons. The summed E-state index contributed by atoms with van der Waals surface area (Å²) in [6.07, 6.45) is -0.348. The van der Waals surface area contributed by atoms with E-state index >= 15 is 0 Å². The number of nitriles is 1. The molecular weight excluding hydrogens is 292 g/mol. The lowest BCUT2D eigenvalue weighted by Gasteiger charge is -2.40. The molecule has 0 fully saturated rings. The lowest BCUT2D eigenvalue weighted by atomic mass is 10.1. The minimum atomic E-state index is -1.97. The highest BCUT2D eigenvalue weighted by molar-refractivity contribution is 6.74. The summed E-state index contributed by atoms with van der Waals surface area (Å²) in [6, 6.07) is 11.1. The van der Waals surface area contributed by atoms with Crippen LogP contribution in [0.25, 0.3) is 0 Å².